The molecular formula is C19H14Cl2N2O5. The maximum absolute atomic E-state index is 12.3. The predicted molar refractivity (Wildman–Crippen MR) is 103 cm³/mol. The number of carboxylic acid groups (broad SMARTS) is 1. The van der Waals surface area contributed by atoms with Crippen LogP contribution in [-0.4, -0.2) is 34.5 Å². The van der Waals surface area contributed by atoms with Gasteiger partial charge in [-0.25, -0.2) is 9.69 Å². The van der Waals surface area contributed by atoms with E-state index in [4.69, 9.17) is 33.0 Å². The van der Waals surface area contributed by atoms with Gasteiger partial charge in [-0.3, -0.25) is 9.59 Å². The fraction of sp³-hybridized carbons (Fsp3) is 0.105. The highest BCUT2D eigenvalue weighted by molar-refractivity contribution is 6.42. The maximum Gasteiger partial charge on any atom is 0.329 e. The monoisotopic (exact) mass is 420 g/mol. The normalized spacial score (nSPS) is 15.1. The van der Waals surface area contributed by atoms with E-state index in [9.17, 15) is 14.4 Å². The highest BCUT2D eigenvalue weighted by Crippen LogP contribution is 2.26. The first-order valence-electron chi connectivity index (χ1n) is 8.07. The summed E-state index contributed by atoms with van der Waals surface area (Å²) >= 11 is 11.9. The van der Waals surface area contributed by atoms with Gasteiger partial charge in [-0.15, -0.1) is 0 Å². The van der Waals surface area contributed by atoms with Crippen LogP contribution in [0.4, 0.5) is 4.79 Å². The van der Waals surface area contributed by atoms with Crippen molar-refractivity contribution in [2.45, 2.75) is 6.61 Å². The molecule has 3 amide bonds. The molecule has 0 spiro atoms. The Labute approximate surface area is 170 Å². The zero-order valence-corrected chi connectivity index (χ0v) is 15.8. The Morgan fingerprint density at radius 1 is 1.14 bits per heavy atom. The lowest BCUT2D eigenvalue weighted by molar-refractivity contribution is -0.140. The molecule has 0 aromatic heterocycles. The third-order valence-electron chi connectivity index (χ3n) is 3.85. The van der Waals surface area contributed by atoms with Crippen LogP contribution in [0.15, 0.2) is 48.2 Å². The van der Waals surface area contributed by atoms with Crippen molar-refractivity contribution in [2.75, 3.05) is 6.54 Å². The van der Waals surface area contributed by atoms with E-state index in [1.165, 1.54) is 6.08 Å². The Bertz CT molecular complexity index is 990. The van der Waals surface area contributed by atoms with Gasteiger partial charge < -0.3 is 15.2 Å². The van der Waals surface area contributed by atoms with Gasteiger partial charge in [0.2, 0.25) is 0 Å². The fourth-order valence-corrected chi connectivity index (χ4v) is 2.85. The minimum atomic E-state index is -1.28. The standard InChI is InChI=1S/C19H14Cl2N2O5/c20-13-6-5-11(7-14(13)21)10-28-16-4-2-1-3-12(16)8-15-18(26)23(9-17(24)25)19(27)22-15/h1-8H,9-10H2,(H,22,27)(H,24,25)/b15-8+. The number of nitrogens with one attached hydrogen (secondary N) is 1. The highest BCUT2D eigenvalue weighted by atomic mass is 35.5. The molecule has 1 aliphatic rings. The molecule has 0 bridgehead atoms. The van der Waals surface area contributed by atoms with Crippen LogP contribution in [0, 0.1) is 0 Å². The summed E-state index contributed by atoms with van der Waals surface area (Å²) in [4.78, 5) is 35.5. The Morgan fingerprint density at radius 3 is 2.61 bits per heavy atom. The third-order valence-corrected chi connectivity index (χ3v) is 4.59. The first-order valence-corrected chi connectivity index (χ1v) is 8.83. The Morgan fingerprint density at radius 2 is 1.89 bits per heavy atom. The van der Waals surface area contributed by atoms with Crippen molar-refractivity contribution < 1.29 is 24.2 Å². The summed E-state index contributed by atoms with van der Waals surface area (Å²) in [5, 5.41) is 12.0. The van der Waals surface area contributed by atoms with Gasteiger partial charge in [0.25, 0.3) is 5.91 Å². The molecule has 1 fully saturated rings. The number of ether oxygens (including phenoxy) is 1. The number of rotatable bonds is 6. The molecule has 2 N–H and O–H groups in total. The summed E-state index contributed by atoms with van der Waals surface area (Å²) < 4.78 is 5.80. The number of hydrogen-bond donors (Lipinski definition) is 2. The van der Waals surface area contributed by atoms with Crippen molar-refractivity contribution >= 4 is 47.2 Å². The average molecular weight is 421 g/mol. The van der Waals surface area contributed by atoms with E-state index >= 15 is 0 Å². The average Bonchev–Trinajstić information content (AvgIpc) is 2.91. The molecule has 2 aromatic carbocycles. The maximum atomic E-state index is 12.3. The number of hydrogen-bond acceptors (Lipinski definition) is 4. The Kier molecular flexibility index (Phi) is 5.87. The van der Waals surface area contributed by atoms with Gasteiger partial charge in [0, 0.05) is 5.56 Å². The predicted octanol–water partition coefficient (Wildman–Crippen LogP) is 3.55. The van der Waals surface area contributed by atoms with Crippen LogP contribution in [0.2, 0.25) is 10.0 Å². The molecule has 0 radical (unpaired) electrons. The minimum Gasteiger partial charge on any atom is -0.488 e. The van der Waals surface area contributed by atoms with Crippen molar-refractivity contribution in [3.63, 3.8) is 0 Å². The van der Waals surface area contributed by atoms with Crippen LogP contribution in [0.5, 0.6) is 5.75 Å². The molecular weight excluding hydrogens is 407 g/mol. The van der Waals surface area contributed by atoms with Crippen LogP contribution >= 0.6 is 23.2 Å². The van der Waals surface area contributed by atoms with Gasteiger partial charge in [0.05, 0.1) is 10.0 Å². The second-order valence-corrected chi connectivity index (χ2v) is 6.66. The topological polar surface area (TPSA) is 95.9 Å². The molecule has 1 saturated heterocycles. The summed E-state index contributed by atoms with van der Waals surface area (Å²) in [5.74, 6) is -1.53. The number of halogens is 2. The van der Waals surface area contributed by atoms with Crippen molar-refractivity contribution in [3.05, 3.63) is 69.3 Å². The molecule has 0 saturated carbocycles. The molecule has 0 unspecified atom stereocenters. The van der Waals surface area contributed by atoms with Gasteiger partial charge >= 0.3 is 12.0 Å². The zero-order chi connectivity index (χ0) is 20.3. The van der Waals surface area contributed by atoms with E-state index in [2.05, 4.69) is 5.32 Å². The van der Waals surface area contributed by atoms with E-state index in [-0.39, 0.29) is 12.3 Å². The number of amides is 3. The van der Waals surface area contributed by atoms with Crippen molar-refractivity contribution in [1.29, 1.82) is 0 Å². The van der Waals surface area contributed by atoms with Crippen molar-refractivity contribution in [1.82, 2.24) is 10.2 Å². The van der Waals surface area contributed by atoms with E-state index in [1.807, 2.05) is 0 Å². The zero-order valence-electron chi connectivity index (χ0n) is 14.3. The number of urea groups is 1. The molecule has 1 aliphatic heterocycles. The lowest BCUT2D eigenvalue weighted by Gasteiger charge is -2.10. The summed E-state index contributed by atoms with van der Waals surface area (Å²) in [6.45, 7) is -0.500. The molecule has 1 heterocycles. The second kappa shape index (κ2) is 8.33. The van der Waals surface area contributed by atoms with Crippen LogP contribution in [0.3, 0.4) is 0 Å². The van der Waals surface area contributed by atoms with Crippen molar-refractivity contribution in [2.24, 2.45) is 0 Å². The van der Waals surface area contributed by atoms with E-state index in [0.717, 1.165) is 5.56 Å². The number of carbonyl (C=O) groups excluding carboxylic acids is 2. The number of para-hydroxylation sites is 1. The third kappa shape index (κ3) is 4.44. The van der Waals surface area contributed by atoms with E-state index in [0.29, 0.717) is 26.3 Å². The van der Waals surface area contributed by atoms with Gasteiger partial charge in [-0.1, -0.05) is 47.5 Å². The Hall–Kier alpha value is -3.03. The molecule has 9 heteroatoms. The fourth-order valence-electron chi connectivity index (χ4n) is 2.53. The van der Waals surface area contributed by atoms with Crippen LogP contribution < -0.4 is 10.1 Å². The molecule has 3 rings (SSSR count). The van der Waals surface area contributed by atoms with Crippen LogP contribution in [0.1, 0.15) is 11.1 Å². The molecule has 7 nitrogen and oxygen atoms in total. The number of nitrogens with zero attached hydrogens (tertiary/aromatic N) is 1. The number of carboxylic acids is 1. The minimum absolute atomic E-state index is 0.0307. The molecule has 28 heavy (non-hydrogen) atoms. The largest absolute Gasteiger partial charge is 0.488 e. The first-order chi connectivity index (χ1) is 13.3. The van der Waals surface area contributed by atoms with Gasteiger partial charge in [-0.05, 0) is 29.8 Å². The van der Waals surface area contributed by atoms with E-state index < -0.39 is 24.5 Å². The molecule has 144 valence electrons. The molecule has 0 atom stereocenters. The summed E-state index contributed by atoms with van der Waals surface area (Å²) in [6, 6.07) is 11.3. The molecule has 0 aliphatic carbocycles. The van der Waals surface area contributed by atoms with Crippen LogP contribution in [-0.2, 0) is 16.2 Å². The summed E-state index contributed by atoms with van der Waals surface area (Å²) in [7, 11) is 0. The quantitative estimate of drug-likeness (QED) is 0.550. The number of imide groups is 1. The van der Waals surface area contributed by atoms with E-state index in [1.54, 1.807) is 42.5 Å². The van der Waals surface area contributed by atoms with Gasteiger partial charge in [0.1, 0.15) is 24.6 Å². The van der Waals surface area contributed by atoms with Gasteiger partial charge in [-0.2, -0.15) is 0 Å². The highest BCUT2D eigenvalue weighted by Gasteiger charge is 2.35. The lowest BCUT2D eigenvalue weighted by Crippen LogP contribution is -2.35. The lowest BCUT2D eigenvalue weighted by atomic mass is 10.1. The number of benzene rings is 2. The van der Waals surface area contributed by atoms with Crippen molar-refractivity contribution in [3.8, 4) is 5.75 Å². The number of carbonyl (C=O) groups is 3. The summed E-state index contributed by atoms with van der Waals surface area (Å²) in [5.41, 5.74) is 1.31. The number of aliphatic carboxylic acids is 1. The Balaban J connectivity index is 1.79. The smallest absolute Gasteiger partial charge is 0.329 e. The second-order valence-electron chi connectivity index (χ2n) is 5.85. The summed E-state index contributed by atoms with van der Waals surface area (Å²) in [6.07, 6.45) is 1.44. The molecule has 2 aromatic rings. The first kappa shape index (κ1) is 19.7. The van der Waals surface area contributed by atoms with Gasteiger partial charge in [0.15, 0.2) is 0 Å². The SMILES string of the molecule is O=C(O)CN1C(=O)N/C(=C/c2ccccc2OCc2ccc(Cl)c(Cl)c2)C1=O. The van der Waals surface area contributed by atoms with Crippen LogP contribution in [0.25, 0.3) is 6.08 Å².